The van der Waals surface area contributed by atoms with E-state index in [-0.39, 0.29) is 17.6 Å². The van der Waals surface area contributed by atoms with E-state index in [2.05, 4.69) is 10.3 Å². The number of nitrogens with zero attached hydrogens (tertiary/aromatic N) is 3. The summed E-state index contributed by atoms with van der Waals surface area (Å²) in [7, 11) is 0. The molecule has 2 atom stereocenters. The van der Waals surface area contributed by atoms with Crippen LogP contribution in [-0.4, -0.2) is 23.1 Å². The third kappa shape index (κ3) is 1.64. The van der Waals surface area contributed by atoms with E-state index in [0.29, 0.717) is 6.61 Å². The number of carbonyl (C=O) groups is 1. The molecule has 0 aromatic heterocycles. The fourth-order valence-electron chi connectivity index (χ4n) is 2.93. The van der Waals surface area contributed by atoms with Crippen LogP contribution >= 0.6 is 0 Å². The molecule has 19 heavy (non-hydrogen) atoms. The van der Waals surface area contributed by atoms with Crippen LogP contribution in [0, 0.1) is 0 Å². The number of benzene rings is 1. The molecule has 2 aliphatic rings. The lowest BCUT2D eigenvalue weighted by Gasteiger charge is -2.25. The van der Waals surface area contributed by atoms with E-state index >= 15 is 0 Å². The highest BCUT2D eigenvalue weighted by Crippen LogP contribution is 2.52. The molecule has 1 aromatic carbocycles. The normalized spacial score (nSPS) is 26.2. The predicted octanol–water partition coefficient (Wildman–Crippen LogP) is 2.81. The van der Waals surface area contributed by atoms with Crippen LogP contribution in [0.2, 0.25) is 0 Å². The molecule has 2 unspecified atom stereocenters. The maximum absolute atomic E-state index is 12.2. The molecule has 2 aliphatic heterocycles. The molecule has 0 saturated heterocycles. The van der Waals surface area contributed by atoms with E-state index in [1.54, 1.807) is 5.01 Å². The van der Waals surface area contributed by atoms with Gasteiger partial charge in [-0.25, -0.2) is 9.80 Å². The molecule has 1 aromatic rings. The molecular weight excluding hydrogens is 242 g/mol. The maximum Gasteiger partial charge on any atom is 0.335 e. The van der Waals surface area contributed by atoms with Crippen molar-refractivity contribution in [3.05, 3.63) is 35.4 Å². The number of esters is 1. The number of ether oxygens (including phenoxy) is 1. The second-order valence-corrected chi connectivity index (χ2v) is 5.41. The molecule has 0 bridgehead atoms. The van der Waals surface area contributed by atoms with Crippen molar-refractivity contribution >= 4 is 5.97 Å². The van der Waals surface area contributed by atoms with Crippen LogP contribution in [0.15, 0.2) is 34.6 Å². The van der Waals surface area contributed by atoms with Crippen LogP contribution in [0.4, 0.5) is 0 Å². The second-order valence-electron chi connectivity index (χ2n) is 5.41. The zero-order valence-corrected chi connectivity index (χ0v) is 11.3. The Kier molecular flexibility index (Phi) is 2.59. The summed E-state index contributed by atoms with van der Waals surface area (Å²) in [6.07, 6.45) is 0. The van der Waals surface area contributed by atoms with E-state index in [4.69, 9.17) is 4.74 Å². The first-order valence-electron chi connectivity index (χ1n) is 6.53. The highest BCUT2D eigenvalue weighted by Gasteiger charge is 2.52. The molecule has 0 spiro atoms. The summed E-state index contributed by atoms with van der Waals surface area (Å²) in [4.78, 5) is 12.2. The number of rotatable bonds is 2. The number of carbonyl (C=O) groups excluding carboxylic acids is 1. The average molecular weight is 259 g/mol. The minimum atomic E-state index is -0.466. The zero-order chi connectivity index (χ0) is 13.6. The Balaban J connectivity index is 2.08. The van der Waals surface area contributed by atoms with Crippen molar-refractivity contribution in [2.75, 3.05) is 6.61 Å². The van der Waals surface area contributed by atoms with Gasteiger partial charge in [0.05, 0.1) is 6.61 Å². The monoisotopic (exact) mass is 259 g/mol. The van der Waals surface area contributed by atoms with E-state index in [1.165, 1.54) is 0 Å². The minimum absolute atomic E-state index is 0.0121. The first-order valence-corrected chi connectivity index (χ1v) is 6.53. The first-order chi connectivity index (χ1) is 9.06. The lowest BCUT2D eigenvalue weighted by molar-refractivity contribution is -0.150. The standard InChI is InChI=1S/C14H17N3O2/c1-4-19-13(18)11-9-7-5-6-8-10(9)12-14(2,3)15-16-17(11)12/h5-8,11-12H,4H2,1-3H3. The Morgan fingerprint density at radius 3 is 2.74 bits per heavy atom. The van der Waals surface area contributed by atoms with Crippen molar-refractivity contribution in [3.8, 4) is 0 Å². The van der Waals surface area contributed by atoms with E-state index in [9.17, 15) is 4.79 Å². The van der Waals surface area contributed by atoms with Gasteiger partial charge in [0.25, 0.3) is 0 Å². The predicted molar refractivity (Wildman–Crippen MR) is 69.3 cm³/mol. The van der Waals surface area contributed by atoms with Crippen molar-refractivity contribution in [2.45, 2.75) is 38.4 Å². The molecule has 3 rings (SSSR count). The zero-order valence-electron chi connectivity index (χ0n) is 11.3. The Morgan fingerprint density at radius 1 is 1.37 bits per heavy atom. The third-order valence-electron chi connectivity index (χ3n) is 3.70. The molecule has 0 saturated carbocycles. The van der Waals surface area contributed by atoms with E-state index < -0.39 is 6.04 Å². The topological polar surface area (TPSA) is 54.3 Å². The molecule has 0 aliphatic carbocycles. The van der Waals surface area contributed by atoms with Gasteiger partial charge in [0.2, 0.25) is 0 Å². The summed E-state index contributed by atoms with van der Waals surface area (Å²) in [5, 5.41) is 10.3. The van der Waals surface area contributed by atoms with Gasteiger partial charge in [-0.1, -0.05) is 29.5 Å². The number of hydrogen-bond donors (Lipinski definition) is 0. The molecule has 5 nitrogen and oxygen atoms in total. The molecule has 0 radical (unpaired) electrons. The van der Waals surface area contributed by atoms with Crippen molar-refractivity contribution < 1.29 is 9.53 Å². The fraction of sp³-hybridized carbons (Fsp3) is 0.500. The summed E-state index contributed by atoms with van der Waals surface area (Å²) in [6.45, 7) is 6.25. The van der Waals surface area contributed by atoms with Crippen LogP contribution in [-0.2, 0) is 9.53 Å². The molecule has 0 fully saturated rings. The Bertz CT molecular complexity index is 553. The third-order valence-corrected chi connectivity index (χ3v) is 3.70. The SMILES string of the molecule is CCOC(=O)C1c2ccccc2C2N1N=NC2(C)C. The van der Waals surface area contributed by atoms with Crippen LogP contribution in [0.25, 0.3) is 0 Å². The van der Waals surface area contributed by atoms with Gasteiger partial charge in [-0.3, -0.25) is 0 Å². The van der Waals surface area contributed by atoms with Gasteiger partial charge in [-0.05, 0) is 31.9 Å². The van der Waals surface area contributed by atoms with Gasteiger partial charge < -0.3 is 4.74 Å². The summed E-state index contributed by atoms with van der Waals surface area (Å²) >= 11 is 0. The molecule has 0 amide bonds. The lowest BCUT2D eigenvalue weighted by atomic mass is 9.90. The molecule has 100 valence electrons. The quantitative estimate of drug-likeness (QED) is 0.767. The maximum atomic E-state index is 12.2. The largest absolute Gasteiger partial charge is 0.464 e. The molecular formula is C14H17N3O2. The Morgan fingerprint density at radius 2 is 2.05 bits per heavy atom. The molecule has 5 heteroatoms. The highest BCUT2D eigenvalue weighted by atomic mass is 16.5. The number of hydrogen-bond acceptors (Lipinski definition) is 5. The summed E-state index contributed by atoms with van der Waals surface area (Å²) in [5.41, 5.74) is 1.78. The summed E-state index contributed by atoms with van der Waals surface area (Å²) in [5.74, 6) is -0.255. The fourth-order valence-corrected chi connectivity index (χ4v) is 2.93. The summed E-state index contributed by atoms with van der Waals surface area (Å²) in [6, 6.07) is 7.49. The van der Waals surface area contributed by atoms with Gasteiger partial charge in [0.1, 0.15) is 11.6 Å². The van der Waals surface area contributed by atoms with Gasteiger partial charge in [-0.2, -0.15) is 5.11 Å². The Labute approximate surface area is 112 Å². The Hall–Kier alpha value is -1.91. The van der Waals surface area contributed by atoms with Crippen molar-refractivity contribution in [1.82, 2.24) is 5.01 Å². The van der Waals surface area contributed by atoms with Crippen LogP contribution in [0.1, 0.15) is 44.0 Å². The van der Waals surface area contributed by atoms with Crippen molar-refractivity contribution in [3.63, 3.8) is 0 Å². The van der Waals surface area contributed by atoms with Crippen molar-refractivity contribution in [2.24, 2.45) is 10.3 Å². The first kappa shape index (κ1) is 12.1. The van der Waals surface area contributed by atoms with Crippen LogP contribution in [0.5, 0.6) is 0 Å². The van der Waals surface area contributed by atoms with Gasteiger partial charge in [0, 0.05) is 0 Å². The second kappa shape index (κ2) is 4.05. The molecule has 2 heterocycles. The molecule has 0 N–H and O–H groups in total. The van der Waals surface area contributed by atoms with Gasteiger partial charge in [-0.15, -0.1) is 0 Å². The average Bonchev–Trinajstić information content (AvgIpc) is 2.85. The summed E-state index contributed by atoms with van der Waals surface area (Å²) < 4.78 is 5.18. The van der Waals surface area contributed by atoms with Gasteiger partial charge >= 0.3 is 5.97 Å². The van der Waals surface area contributed by atoms with Crippen molar-refractivity contribution in [1.29, 1.82) is 0 Å². The van der Waals surface area contributed by atoms with E-state index in [0.717, 1.165) is 11.1 Å². The minimum Gasteiger partial charge on any atom is -0.464 e. The van der Waals surface area contributed by atoms with Crippen LogP contribution < -0.4 is 0 Å². The number of fused-ring (bicyclic) bond motifs is 3. The van der Waals surface area contributed by atoms with Crippen LogP contribution in [0.3, 0.4) is 0 Å². The van der Waals surface area contributed by atoms with E-state index in [1.807, 2.05) is 45.0 Å². The lowest BCUT2D eigenvalue weighted by Crippen LogP contribution is -2.32. The van der Waals surface area contributed by atoms with Gasteiger partial charge in [0.15, 0.2) is 6.04 Å². The highest BCUT2D eigenvalue weighted by molar-refractivity contribution is 5.79. The smallest absolute Gasteiger partial charge is 0.335 e.